The van der Waals surface area contributed by atoms with Crippen LogP contribution in [0.5, 0.6) is 0 Å². The zero-order chi connectivity index (χ0) is 17.8. The quantitative estimate of drug-likeness (QED) is 0.404. The number of methoxy groups -OCH3 is 1. The van der Waals surface area contributed by atoms with Crippen LogP contribution in [0.1, 0.15) is 21.5 Å². The molecule has 6 nitrogen and oxygen atoms in total. The topological polar surface area (TPSA) is 74.4 Å². The predicted octanol–water partition coefficient (Wildman–Crippen LogP) is 3.72. The molecule has 0 aliphatic heterocycles. The Morgan fingerprint density at radius 2 is 2.04 bits per heavy atom. The van der Waals surface area contributed by atoms with Gasteiger partial charge >= 0.3 is 5.97 Å². The van der Waals surface area contributed by atoms with Crippen LogP contribution in [0.3, 0.4) is 0 Å². The molecule has 0 radical (unpaired) electrons. The molecule has 3 rings (SSSR count). The number of nitro groups is 1. The number of benzene rings is 2. The van der Waals surface area contributed by atoms with Crippen molar-refractivity contribution in [1.82, 2.24) is 4.57 Å². The maximum atomic E-state index is 11.7. The summed E-state index contributed by atoms with van der Waals surface area (Å²) in [4.78, 5) is 21.8. The van der Waals surface area contributed by atoms with Gasteiger partial charge in [-0.05, 0) is 23.8 Å². The average molecular weight is 336 g/mol. The first-order chi connectivity index (χ1) is 12.1. The van der Waals surface area contributed by atoms with Crippen molar-refractivity contribution in [2.75, 3.05) is 7.11 Å². The lowest BCUT2D eigenvalue weighted by Gasteiger charge is -2.07. The molecule has 6 heteroatoms. The van der Waals surface area contributed by atoms with E-state index in [1.54, 1.807) is 18.2 Å². The maximum Gasteiger partial charge on any atom is 0.337 e. The molecule has 1 heterocycles. The minimum absolute atomic E-state index is 0.381. The Morgan fingerprint density at radius 3 is 2.80 bits per heavy atom. The molecule has 126 valence electrons. The van der Waals surface area contributed by atoms with Gasteiger partial charge in [0.25, 0.3) is 0 Å². The summed E-state index contributed by atoms with van der Waals surface area (Å²) >= 11 is 0. The zero-order valence-corrected chi connectivity index (χ0v) is 13.6. The second-order valence-corrected chi connectivity index (χ2v) is 5.52. The second-order valence-electron chi connectivity index (χ2n) is 5.52. The first-order valence-electron chi connectivity index (χ1n) is 7.65. The molecule has 0 N–H and O–H groups in total. The molecule has 2 aromatic carbocycles. The molecule has 0 fully saturated rings. The molecule has 1 aromatic heterocycles. The van der Waals surface area contributed by atoms with Crippen molar-refractivity contribution in [3.63, 3.8) is 0 Å². The van der Waals surface area contributed by atoms with Gasteiger partial charge in [-0.3, -0.25) is 10.1 Å². The fourth-order valence-corrected chi connectivity index (χ4v) is 2.79. The normalized spacial score (nSPS) is 11.1. The van der Waals surface area contributed by atoms with Gasteiger partial charge in [0.2, 0.25) is 6.20 Å². The first kappa shape index (κ1) is 16.4. The van der Waals surface area contributed by atoms with E-state index in [1.807, 2.05) is 41.1 Å². The Labute approximate surface area is 144 Å². The highest BCUT2D eigenvalue weighted by Gasteiger charge is 2.09. The van der Waals surface area contributed by atoms with E-state index in [-0.39, 0.29) is 5.97 Å². The van der Waals surface area contributed by atoms with Gasteiger partial charge in [-0.15, -0.1) is 0 Å². The van der Waals surface area contributed by atoms with E-state index in [4.69, 9.17) is 4.74 Å². The standard InChI is InChI=1S/C19H16N2O4/c1-25-19(22)15-6-4-5-14(11-15)12-20-13-16(9-10-21(23)24)17-7-2-3-8-18(17)20/h2-11,13H,12H2,1H3/b10-9+. The third-order valence-corrected chi connectivity index (χ3v) is 3.90. The highest BCUT2D eigenvalue weighted by Crippen LogP contribution is 2.23. The predicted molar refractivity (Wildman–Crippen MR) is 94.8 cm³/mol. The summed E-state index contributed by atoms with van der Waals surface area (Å²) in [6.07, 6.45) is 4.29. The summed E-state index contributed by atoms with van der Waals surface area (Å²) < 4.78 is 6.76. The number of carbonyl (C=O) groups is 1. The summed E-state index contributed by atoms with van der Waals surface area (Å²) in [6, 6.07) is 14.9. The number of fused-ring (bicyclic) bond motifs is 1. The maximum absolute atomic E-state index is 11.7. The third kappa shape index (κ3) is 3.58. The first-order valence-corrected chi connectivity index (χ1v) is 7.65. The van der Waals surface area contributed by atoms with Crippen molar-refractivity contribution in [1.29, 1.82) is 0 Å². The smallest absolute Gasteiger partial charge is 0.337 e. The van der Waals surface area contributed by atoms with Crippen molar-refractivity contribution < 1.29 is 14.5 Å². The minimum atomic E-state index is -0.480. The van der Waals surface area contributed by atoms with Crippen LogP contribution in [0.25, 0.3) is 17.0 Å². The zero-order valence-electron chi connectivity index (χ0n) is 13.6. The number of para-hydroxylation sites is 1. The molecule has 0 atom stereocenters. The van der Waals surface area contributed by atoms with Crippen molar-refractivity contribution in [3.8, 4) is 0 Å². The highest BCUT2D eigenvalue weighted by atomic mass is 16.6. The lowest BCUT2D eigenvalue weighted by Crippen LogP contribution is -2.03. The number of rotatable bonds is 5. The molecular formula is C19H16N2O4. The summed E-state index contributed by atoms with van der Waals surface area (Å²) in [5.41, 5.74) is 3.17. The summed E-state index contributed by atoms with van der Waals surface area (Å²) in [5, 5.41) is 11.5. The van der Waals surface area contributed by atoms with E-state index in [1.165, 1.54) is 13.2 Å². The summed E-state index contributed by atoms with van der Waals surface area (Å²) in [7, 11) is 1.35. The van der Waals surface area contributed by atoms with Gasteiger partial charge in [-0.25, -0.2) is 4.79 Å². The number of hydrogen-bond acceptors (Lipinski definition) is 4. The van der Waals surface area contributed by atoms with E-state index in [9.17, 15) is 14.9 Å². The van der Waals surface area contributed by atoms with E-state index in [2.05, 4.69) is 0 Å². The van der Waals surface area contributed by atoms with Gasteiger partial charge in [-0.2, -0.15) is 0 Å². The number of nitrogens with zero attached hydrogens (tertiary/aromatic N) is 2. The van der Waals surface area contributed by atoms with Crippen molar-refractivity contribution >= 4 is 22.9 Å². The fourth-order valence-electron chi connectivity index (χ4n) is 2.79. The number of ether oxygens (including phenoxy) is 1. The van der Waals surface area contributed by atoms with Crippen LogP contribution in [-0.4, -0.2) is 22.6 Å². The van der Waals surface area contributed by atoms with Crippen LogP contribution in [0.15, 0.2) is 60.9 Å². The molecule has 3 aromatic rings. The molecule has 25 heavy (non-hydrogen) atoms. The van der Waals surface area contributed by atoms with Gasteiger partial charge in [0.15, 0.2) is 0 Å². The Morgan fingerprint density at radius 1 is 1.24 bits per heavy atom. The minimum Gasteiger partial charge on any atom is -0.465 e. The Hall–Kier alpha value is -3.41. The van der Waals surface area contributed by atoms with Crippen LogP contribution in [0.2, 0.25) is 0 Å². The Bertz CT molecular complexity index is 972. The van der Waals surface area contributed by atoms with Crippen LogP contribution < -0.4 is 0 Å². The average Bonchev–Trinajstić information content (AvgIpc) is 2.97. The van der Waals surface area contributed by atoms with Crippen molar-refractivity contribution in [2.45, 2.75) is 6.54 Å². The number of hydrogen-bond donors (Lipinski definition) is 0. The molecule has 0 bridgehead atoms. The summed E-state index contributed by atoms with van der Waals surface area (Å²) in [6.45, 7) is 0.539. The van der Waals surface area contributed by atoms with E-state index in [0.29, 0.717) is 12.1 Å². The van der Waals surface area contributed by atoms with Gasteiger partial charge < -0.3 is 9.30 Å². The molecule has 0 unspecified atom stereocenters. The highest BCUT2D eigenvalue weighted by molar-refractivity contribution is 5.90. The Balaban J connectivity index is 1.99. The largest absolute Gasteiger partial charge is 0.465 e. The fraction of sp³-hybridized carbons (Fsp3) is 0.105. The van der Waals surface area contributed by atoms with Crippen LogP contribution in [-0.2, 0) is 11.3 Å². The Kier molecular flexibility index (Phi) is 4.61. The van der Waals surface area contributed by atoms with Gasteiger partial charge in [-0.1, -0.05) is 30.3 Å². The molecule has 0 amide bonds. The number of carbonyl (C=O) groups excluding carboxylic acids is 1. The number of aromatic nitrogens is 1. The molecular weight excluding hydrogens is 320 g/mol. The lowest BCUT2D eigenvalue weighted by atomic mass is 10.1. The van der Waals surface area contributed by atoms with Crippen LogP contribution in [0, 0.1) is 10.1 Å². The molecule has 0 aliphatic rings. The second kappa shape index (κ2) is 7.00. The molecule has 0 spiro atoms. The third-order valence-electron chi connectivity index (χ3n) is 3.90. The van der Waals surface area contributed by atoms with Gasteiger partial charge in [0, 0.05) is 35.3 Å². The SMILES string of the molecule is COC(=O)c1cccc(Cn2cc(/C=C/[N+](=O)[O-])c3ccccc32)c1. The van der Waals surface area contributed by atoms with Gasteiger partial charge in [0.05, 0.1) is 17.6 Å². The molecule has 0 aliphatic carbocycles. The van der Waals surface area contributed by atoms with E-state index < -0.39 is 4.92 Å². The monoisotopic (exact) mass is 336 g/mol. The lowest BCUT2D eigenvalue weighted by molar-refractivity contribution is -0.400. The van der Waals surface area contributed by atoms with Crippen molar-refractivity contribution in [2.24, 2.45) is 0 Å². The molecule has 0 saturated carbocycles. The van der Waals surface area contributed by atoms with Crippen molar-refractivity contribution in [3.05, 3.63) is 87.7 Å². The number of esters is 1. The summed E-state index contributed by atoms with van der Waals surface area (Å²) in [5.74, 6) is -0.381. The van der Waals surface area contributed by atoms with Crippen LogP contribution in [0.4, 0.5) is 0 Å². The molecule has 0 saturated heterocycles. The van der Waals surface area contributed by atoms with Gasteiger partial charge in [0.1, 0.15) is 0 Å². The van der Waals surface area contributed by atoms with Crippen LogP contribution >= 0.6 is 0 Å². The van der Waals surface area contributed by atoms with E-state index >= 15 is 0 Å². The van der Waals surface area contributed by atoms with E-state index in [0.717, 1.165) is 28.2 Å².